The van der Waals surface area contributed by atoms with E-state index in [0.29, 0.717) is 31.2 Å². The number of hydrogen-bond acceptors (Lipinski definition) is 6. The third kappa shape index (κ3) is 3.06. The van der Waals surface area contributed by atoms with E-state index in [1.54, 1.807) is 0 Å². The van der Waals surface area contributed by atoms with Crippen molar-refractivity contribution >= 4 is 23.5 Å². The fraction of sp³-hybridized carbons (Fsp3) is 0.750. The summed E-state index contributed by atoms with van der Waals surface area (Å²) in [5.41, 5.74) is 0. The molecule has 2 fully saturated rings. The first-order valence-corrected chi connectivity index (χ1v) is 7.15. The number of rotatable bonds is 4. The summed E-state index contributed by atoms with van der Waals surface area (Å²) in [5, 5.41) is 3.58. The first kappa shape index (κ1) is 12.9. The largest absolute Gasteiger partial charge is 0.378 e. The molecule has 0 aromatic carbocycles. The molecule has 104 valence electrons. The lowest BCUT2D eigenvalue weighted by Crippen LogP contribution is -2.37. The fourth-order valence-electron chi connectivity index (χ4n) is 2.35. The predicted octanol–water partition coefficient (Wildman–Crippen LogP) is 1.57. The van der Waals surface area contributed by atoms with Gasteiger partial charge in [0, 0.05) is 19.1 Å². The van der Waals surface area contributed by atoms with Gasteiger partial charge >= 0.3 is 0 Å². The van der Waals surface area contributed by atoms with Crippen molar-refractivity contribution in [1.29, 1.82) is 0 Å². The third-order valence-corrected chi connectivity index (χ3v) is 3.82. The first-order valence-electron chi connectivity index (χ1n) is 6.77. The SMILES string of the molecule is CCC1CC1Nc1nc(Cl)nc(N2CCOCC2)n1. The van der Waals surface area contributed by atoms with Crippen LogP contribution in [0.3, 0.4) is 0 Å². The second-order valence-corrected chi connectivity index (χ2v) is 5.32. The lowest BCUT2D eigenvalue weighted by atomic mass is 10.3. The summed E-state index contributed by atoms with van der Waals surface area (Å²) in [6.07, 6.45) is 2.37. The van der Waals surface area contributed by atoms with Gasteiger partial charge in [-0.2, -0.15) is 15.0 Å². The van der Waals surface area contributed by atoms with Gasteiger partial charge in [-0.25, -0.2) is 0 Å². The number of aromatic nitrogens is 3. The van der Waals surface area contributed by atoms with Crippen LogP contribution in [-0.4, -0.2) is 47.3 Å². The van der Waals surface area contributed by atoms with Crippen LogP contribution in [0, 0.1) is 5.92 Å². The molecule has 7 heteroatoms. The van der Waals surface area contributed by atoms with Crippen molar-refractivity contribution in [2.75, 3.05) is 36.5 Å². The molecule has 1 aliphatic carbocycles. The summed E-state index contributed by atoms with van der Waals surface area (Å²) in [6.45, 7) is 5.19. The molecule has 2 heterocycles. The second-order valence-electron chi connectivity index (χ2n) is 4.98. The zero-order valence-electron chi connectivity index (χ0n) is 11.0. The molecule has 0 amide bonds. The number of nitrogens with one attached hydrogen (secondary N) is 1. The van der Waals surface area contributed by atoms with Crippen molar-refractivity contribution in [2.24, 2.45) is 5.92 Å². The highest BCUT2D eigenvalue weighted by atomic mass is 35.5. The molecule has 1 aromatic heterocycles. The van der Waals surface area contributed by atoms with Crippen LogP contribution in [-0.2, 0) is 4.74 Å². The van der Waals surface area contributed by atoms with Crippen molar-refractivity contribution in [2.45, 2.75) is 25.8 Å². The van der Waals surface area contributed by atoms with E-state index in [4.69, 9.17) is 16.3 Å². The molecule has 1 aromatic rings. The minimum atomic E-state index is 0.243. The normalized spacial score (nSPS) is 26.3. The van der Waals surface area contributed by atoms with Gasteiger partial charge in [0.15, 0.2) is 0 Å². The van der Waals surface area contributed by atoms with Gasteiger partial charge < -0.3 is 15.0 Å². The minimum absolute atomic E-state index is 0.243. The molecule has 0 radical (unpaired) electrons. The summed E-state index contributed by atoms with van der Waals surface area (Å²) in [5.74, 6) is 1.96. The molecule has 1 N–H and O–H groups in total. The van der Waals surface area contributed by atoms with Gasteiger partial charge in [-0.1, -0.05) is 13.3 Å². The van der Waals surface area contributed by atoms with Crippen LogP contribution in [0.25, 0.3) is 0 Å². The molecule has 1 aliphatic heterocycles. The molecule has 19 heavy (non-hydrogen) atoms. The van der Waals surface area contributed by atoms with Crippen LogP contribution >= 0.6 is 11.6 Å². The predicted molar refractivity (Wildman–Crippen MR) is 73.7 cm³/mol. The highest BCUT2D eigenvalue weighted by Gasteiger charge is 2.36. The van der Waals surface area contributed by atoms with Gasteiger partial charge in [-0.3, -0.25) is 0 Å². The molecular formula is C12H18ClN5O. The van der Waals surface area contributed by atoms with E-state index in [-0.39, 0.29) is 5.28 Å². The highest BCUT2D eigenvalue weighted by Crippen LogP contribution is 2.35. The molecule has 1 saturated carbocycles. The lowest BCUT2D eigenvalue weighted by Gasteiger charge is -2.26. The highest BCUT2D eigenvalue weighted by molar-refractivity contribution is 6.28. The molecule has 2 aliphatic rings. The monoisotopic (exact) mass is 283 g/mol. The number of ether oxygens (including phenoxy) is 1. The van der Waals surface area contributed by atoms with E-state index in [0.717, 1.165) is 19.0 Å². The number of morpholine rings is 1. The number of halogens is 1. The third-order valence-electron chi connectivity index (χ3n) is 3.65. The van der Waals surface area contributed by atoms with E-state index in [9.17, 15) is 0 Å². The van der Waals surface area contributed by atoms with Crippen LogP contribution in [0.15, 0.2) is 0 Å². The Morgan fingerprint density at radius 2 is 2.11 bits per heavy atom. The van der Waals surface area contributed by atoms with Crippen molar-refractivity contribution in [3.63, 3.8) is 0 Å². The van der Waals surface area contributed by atoms with Crippen molar-refractivity contribution in [1.82, 2.24) is 15.0 Å². The summed E-state index contributed by atoms with van der Waals surface area (Å²) >= 11 is 5.98. The zero-order valence-corrected chi connectivity index (χ0v) is 11.7. The molecule has 2 atom stereocenters. The number of nitrogens with zero attached hydrogens (tertiary/aromatic N) is 4. The lowest BCUT2D eigenvalue weighted by molar-refractivity contribution is 0.122. The average Bonchev–Trinajstić information content (AvgIpc) is 3.17. The number of hydrogen-bond donors (Lipinski definition) is 1. The van der Waals surface area contributed by atoms with Crippen molar-refractivity contribution in [3.8, 4) is 0 Å². The smallest absolute Gasteiger partial charge is 0.231 e. The van der Waals surface area contributed by atoms with Crippen LogP contribution in [0.5, 0.6) is 0 Å². The second kappa shape index (κ2) is 5.46. The molecule has 3 rings (SSSR count). The zero-order chi connectivity index (χ0) is 13.2. The summed E-state index contributed by atoms with van der Waals surface area (Å²) in [7, 11) is 0. The maximum Gasteiger partial charge on any atom is 0.231 e. The maximum atomic E-state index is 5.98. The Morgan fingerprint density at radius 1 is 1.32 bits per heavy atom. The van der Waals surface area contributed by atoms with Gasteiger partial charge in [0.05, 0.1) is 13.2 Å². The van der Waals surface area contributed by atoms with Crippen molar-refractivity contribution in [3.05, 3.63) is 5.28 Å². The quantitative estimate of drug-likeness (QED) is 0.905. The van der Waals surface area contributed by atoms with E-state index >= 15 is 0 Å². The summed E-state index contributed by atoms with van der Waals surface area (Å²) in [4.78, 5) is 14.9. The Labute approximate surface area is 117 Å². The molecular weight excluding hydrogens is 266 g/mol. The van der Waals surface area contributed by atoms with Gasteiger partial charge in [0.1, 0.15) is 0 Å². The Kier molecular flexibility index (Phi) is 3.70. The Hall–Kier alpha value is -1.14. The minimum Gasteiger partial charge on any atom is -0.378 e. The maximum absolute atomic E-state index is 5.98. The van der Waals surface area contributed by atoms with Crippen LogP contribution in [0.2, 0.25) is 5.28 Å². The van der Waals surface area contributed by atoms with E-state index < -0.39 is 0 Å². The summed E-state index contributed by atoms with van der Waals surface area (Å²) < 4.78 is 5.32. The molecule has 2 unspecified atom stereocenters. The van der Waals surface area contributed by atoms with Gasteiger partial charge in [-0.05, 0) is 23.9 Å². The van der Waals surface area contributed by atoms with Crippen molar-refractivity contribution < 1.29 is 4.74 Å². The molecule has 0 bridgehead atoms. The topological polar surface area (TPSA) is 63.2 Å². The molecule has 1 saturated heterocycles. The van der Waals surface area contributed by atoms with Gasteiger partial charge in [0.25, 0.3) is 0 Å². The Bertz CT molecular complexity index is 452. The van der Waals surface area contributed by atoms with Gasteiger partial charge in [0.2, 0.25) is 17.2 Å². The van der Waals surface area contributed by atoms with E-state index in [1.165, 1.54) is 12.8 Å². The van der Waals surface area contributed by atoms with E-state index in [1.807, 2.05) is 0 Å². The average molecular weight is 284 g/mol. The fourth-order valence-corrected chi connectivity index (χ4v) is 2.51. The van der Waals surface area contributed by atoms with Crippen LogP contribution in [0.1, 0.15) is 19.8 Å². The standard InChI is InChI=1S/C12H18ClN5O/c1-2-8-7-9(8)14-11-15-10(13)16-12(17-11)18-3-5-19-6-4-18/h8-9H,2-7H2,1H3,(H,14,15,16,17). The van der Waals surface area contributed by atoms with Crippen LogP contribution < -0.4 is 10.2 Å². The van der Waals surface area contributed by atoms with Crippen LogP contribution in [0.4, 0.5) is 11.9 Å². The first-order chi connectivity index (χ1) is 9.26. The molecule has 6 nitrogen and oxygen atoms in total. The number of anilines is 2. The van der Waals surface area contributed by atoms with E-state index in [2.05, 4.69) is 32.1 Å². The van der Waals surface area contributed by atoms with Gasteiger partial charge in [-0.15, -0.1) is 0 Å². The summed E-state index contributed by atoms with van der Waals surface area (Å²) in [6, 6.07) is 0.487. The Morgan fingerprint density at radius 3 is 2.79 bits per heavy atom. The Balaban J connectivity index is 1.72. The molecule has 0 spiro atoms.